The van der Waals surface area contributed by atoms with Crippen molar-refractivity contribution in [3.05, 3.63) is 40.7 Å². The molecule has 106 valence electrons. The number of carbonyl (C=O) groups excluding carboxylic acids is 1. The standard InChI is InChI=1S/C11H7ClF3N3O2/c1-20-10(19)8-9(11(13,14)15)17-18(16-8)7-5-3-2-4-6(7)12/h2-5H,1H3. The molecule has 0 fully saturated rings. The normalized spacial score (nSPS) is 11.4. The average molecular weight is 306 g/mol. The van der Waals surface area contributed by atoms with Gasteiger partial charge in [0.2, 0.25) is 11.4 Å². The van der Waals surface area contributed by atoms with Gasteiger partial charge in [-0.2, -0.15) is 13.2 Å². The fraction of sp³-hybridized carbons (Fsp3) is 0.182. The van der Waals surface area contributed by atoms with Crippen LogP contribution in [0.2, 0.25) is 5.02 Å². The smallest absolute Gasteiger partial charge is 0.437 e. The molecule has 2 rings (SSSR count). The largest absolute Gasteiger partial charge is 0.464 e. The molecule has 20 heavy (non-hydrogen) atoms. The molecule has 0 atom stereocenters. The van der Waals surface area contributed by atoms with Crippen molar-refractivity contribution in [3.63, 3.8) is 0 Å². The zero-order valence-electron chi connectivity index (χ0n) is 9.98. The van der Waals surface area contributed by atoms with Gasteiger partial charge < -0.3 is 4.74 Å². The second-order valence-electron chi connectivity index (χ2n) is 3.63. The van der Waals surface area contributed by atoms with E-state index < -0.39 is 23.5 Å². The SMILES string of the molecule is COC(=O)c1nn(-c2ccccc2Cl)nc1C(F)(F)F. The summed E-state index contributed by atoms with van der Waals surface area (Å²) in [7, 11) is 0.955. The molecule has 0 aliphatic rings. The lowest BCUT2D eigenvalue weighted by molar-refractivity contribution is -0.141. The Morgan fingerprint density at radius 1 is 1.30 bits per heavy atom. The molecule has 1 aromatic heterocycles. The molecule has 0 saturated carbocycles. The molecule has 0 radical (unpaired) electrons. The fourth-order valence-electron chi connectivity index (χ4n) is 1.45. The molecule has 0 aliphatic heterocycles. The highest BCUT2D eigenvalue weighted by Crippen LogP contribution is 2.31. The molecule has 5 nitrogen and oxygen atoms in total. The van der Waals surface area contributed by atoms with Gasteiger partial charge in [0.25, 0.3) is 0 Å². The first kappa shape index (κ1) is 14.3. The zero-order chi connectivity index (χ0) is 14.9. The Hall–Kier alpha value is -2.09. The third-order valence-corrected chi connectivity index (χ3v) is 2.65. The van der Waals surface area contributed by atoms with Crippen molar-refractivity contribution < 1.29 is 22.7 Å². The van der Waals surface area contributed by atoms with Gasteiger partial charge in [0.15, 0.2) is 0 Å². The van der Waals surface area contributed by atoms with E-state index in [1.54, 1.807) is 12.1 Å². The second kappa shape index (κ2) is 5.12. The first-order valence-electron chi connectivity index (χ1n) is 5.22. The highest BCUT2D eigenvalue weighted by molar-refractivity contribution is 6.32. The number of rotatable bonds is 2. The number of methoxy groups -OCH3 is 1. The molecule has 0 unspecified atom stereocenters. The van der Waals surface area contributed by atoms with Crippen molar-refractivity contribution >= 4 is 17.6 Å². The van der Waals surface area contributed by atoms with Gasteiger partial charge in [0.1, 0.15) is 5.69 Å². The Bertz CT molecular complexity index is 655. The number of halogens is 4. The Morgan fingerprint density at radius 3 is 2.50 bits per heavy atom. The van der Waals surface area contributed by atoms with E-state index in [0.717, 1.165) is 7.11 Å². The van der Waals surface area contributed by atoms with E-state index in [9.17, 15) is 18.0 Å². The number of carbonyl (C=O) groups is 1. The van der Waals surface area contributed by atoms with Gasteiger partial charge in [-0.15, -0.1) is 15.0 Å². The van der Waals surface area contributed by atoms with E-state index >= 15 is 0 Å². The quantitative estimate of drug-likeness (QED) is 0.801. The van der Waals surface area contributed by atoms with Crippen LogP contribution in [0.25, 0.3) is 5.69 Å². The summed E-state index contributed by atoms with van der Waals surface area (Å²) in [4.78, 5) is 12.0. The van der Waals surface area contributed by atoms with Crippen molar-refractivity contribution in [2.24, 2.45) is 0 Å². The summed E-state index contributed by atoms with van der Waals surface area (Å²) in [5, 5.41) is 6.93. The molecule has 0 aliphatic carbocycles. The van der Waals surface area contributed by atoms with Crippen LogP contribution in [-0.2, 0) is 10.9 Å². The number of ether oxygens (including phenoxy) is 1. The Balaban J connectivity index is 2.61. The lowest BCUT2D eigenvalue weighted by atomic mass is 10.3. The summed E-state index contributed by atoms with van der Waals surface area (Å²) in [6.07, 6.45) is -4.83. The highest BCUT2D eigenvalue weighted by Gasteiger charge is 2.41. The molecule has 1 heterocycles. The fourth-order valence-corrected chi connectivity index (χ4v) is 1.66. The van der Waals surface area contributed by atoms with Gasteiger partial charge in [-0.05, 0) is 12.1 Å². The third-order valence-electron chi connectivity index (χ3n) is 2.33. The number of nitrogens with zero attached hydrogens (tertiary/aromatic N) is 3. The third kappa shape index (κ3) is 2.60. The number of hydrogen-bond donors (Lipinski definition) is 0. The van der Waals surface area contributed by atoms with Gasteiger partial charge in [-0.25, -0.2) is 4.79 Å². The lowest BCUT2D eigenvalue weighted by Gasteiger charge is -2.02. The van der Waals surface area contributed by atoms with Crippen LogP contribution in [-0.4, -0.2) is 28.1 Å². The molecule has 0 saturated heterocycles. The van der Waals surface area contributed by atoms with E-state index in [0.29, 0.717) is 4.80 Å². The minimum atomic E-state index is -4.83. The molecule has 0 spiro atoms. The highest BCUT2D eigenvalue weighted by atomic mass is 35.5. The summed E-state index contributed by atoms with van der Waals surface area (Å²) < 4.78 is 42.7. The predicted octanol–water partition coefficient (Wildman–Crippen LogP) is 2.73. The van der Waals surface area contributed by atoms with Gasteiger partial charge >= 0.3 is 12.1 Å². The van der Waals surface area contributed by atoms with Crippen LogP contribution in [0.4, 0.5) is 13.2 Å². The first-order valence-corrected chi connectivity index (χ1v) is 5.60. The van der Waals surface area contributed by atoms with Crippen LogP contribution < -0.4 is 0 Å². The van der Waals surface area contributed by atoms with Gasteiger partial charge in [-0.1, -0.05) is 23.7 Å². The maximum Gasteiger partial charge on any atom is 0.437 e. The first-order chi connectivity index (χ1) is 9.34. The second-order valence-corrected chi connectivity index (χ2v) is 4.03. The number of aromatic nitrogens is 3. The van der Waals surface area contributed by atoms with E-state index in [1.165, 1.54) is 12.1 Å². The molecule has 1 aromatic carbocycles. The molecular formula is C11H7ClF3N3O2. The molecule has 2 aromatic rings. The Labute approximate surface area is 115 Å². The average Bonchev–Trinajstić information content (AvgIpc) is 2.83. The molecular weight excluding hydrogens is 299 g/mol. The Kier molecular flexibility index (Phi) is 3.67. The van der Waals surface area contributed by atoms with Crippen LogP contribution >= 0.6 is 11.6 Å². The van der Waals surface area contributed by atoms with Gasteiger partial charge in [-0.3, -0.25) is 0 Å². The van der Waals surface area contributed by atoms with E-state index in [2.05, 4.69) is 14.9 Å². The van der Waals surface area contributed by atoms with Crippen molar-refractivity contribution in [2.75, 3.05) is 7.11 Å². The number of esters is 1. The predicted molar refractivity (Wildman–Crippen MR) is 62.7 cm³/mol. The zero-order valence-corrected chi connectivity index (χ0v) is 10.7. The maximum absolute atomic E-state index is 12.8. The monoisotopic (exact) mass is 305 g/mol. The number of hydrogen-bond acceptors (Lipinski definition) is 4. The summed E-state index contributed by atoms with van der Waals surface area (Å²) >= 11 is 5.85. The summed E-state index contributed by atoms with van der Waals surface area (Å²) in [6, 6.07) is 6.03. The van der Waals surface area contributed by atoms with Crippen molar-refractivity contribution in [2.45, 2.75) is 6.18 Å². The maximum atomic E-state index is 12.8. The number of alkyl halides is 3. The van der Waals surface area contributed by atoms with Gasteiger partial charge in [0.05, 0.1) is 12.1 Å². The topological polar surface area (TPSA) is 57.0 Å². The van der Waals surface area contributed by atoms with E-state index in [-0.39, 0.29) is 10.7 Å². The minimum absolute atomic E-state index is 0.120. The van der Waals surface area contributed by atoms with E-state index in [1.807, 2.05) is 0 Å². The molecule has 0 amide bonds. The Morgan fingerprint density at radius 2 is 1.95 bits per heavy atom. The van der Waals surface area contributed by atoms with Crippen molar-refractivity contribution in [3.8, 4) is 5.69 Å². The van der Waals surface area contributed by atoms with Crippen LogP contribution in [0.1, 0.15) is 16.2 Å². The van der Waals surface area contributed by atoms with Crippen LogP contribution in [0.5, 0.6) is 0 Å². The van der Waals surface area contributed by atoms with Crippen LogP contribution in [0, 0.1) is 0 Å². The summed E-state index contributed by atoms with van der Waals surface area (Å²) in [5.41, 5.74) is -2.22. The number of benzene rings is 1. The van der Waals surface area contributed by atoms with Crippen molar-refractivity contribution in [1.29, 1.82) is 0 Å². The lowest BCUT2D eigenvalue weighted by Crippen LogP contribution is -2.13. The minimum Gasteiger partial charge on any atom is -0.464 e. The molecule has 0 bridgehead atoms. The summed E-state index contributed by atoms with van der Waals surface area (Å²) in [6.45, 7) is 0. The van der Waals surface area contributed by atoms with Crippen LogP contribution in [0.15, 0.2) is 24.3 Å². The molecule has 0 N–H and O–H groups in total. The van der Waals surface area contributed by atoms with Crippen LogP contribution in [0.3, 0.4) is 0 Å². The molecule has 9 heteroatoms. The van der Waals surface area contributed by atoms with E-state index in [4.69, 9.17) is 11.6 Å². The number of para-hydroxylation sites is 1. The van der Waals surface area contributed by atoms with Gasteiger partial charge in [0, 0.05) is 0 Å². The summed E-state index contributed by atoms with van der Waals surface area (Å²) in [5.74, 6) is -1.23. The van der Waals surface area contributed by atoms with Crippen molar-refractivity contribution in [1.82, 2.24) is 15.0 Å².